The average molecular weight is 182 g/mol. The third kappa shape index (κ3) is 1.67. The molecule has 0 bridgehead atoms. The highest BCUT2D eigenvalue weighted by molar-refractivity contribution is 5.66. The molecule has 1 aliphatic rings. The lowest BCUT2D eigenvalue weighted by atomic mass is 10.1. The quantitative estimate of drug-likeness (QED) is 0.724. The van der Waals surface area contributed by atoms with Gasteiger partial charge in [-0.15, -0.1) is 0 Å². The summed E-state index contributed by atoms with van der Waals surface area (Å²) in [5.41, 5.74) is 3.00. The number of allylic oxidation sites excluding steroid dienone is 2. The summed E-state index contributed by atoms with van der Waals surface area (Å²) in [5, 5.41) is 11.8. The molecule has 0 aromatic heterocycles. The standard InChI is InChI=1S/C12H10N2/c13-8-10-6-7-12(14-9-10)11-4-2-1-3-5-11/h1-5,7,9,14H,6H2. The van der Waals surface area contributed by atoms with E-state index in [1.165, 1.54) is 0 Å². The minimum absolute atomic E-state index is 0.716. The van der Waals surface area contributed by atoms with Gasteiger partial charge in [-0.25, -0.2) is 0 Å². The molecule has 0 fully saturated rings. The second-order valence-electron chi connectivity index (χ2n) is 3.11. The number of benzene rings is 1. The largest absolute Gasteiger partial charge is 0.360 e. The van der Waals surface area contributed by atoms with Gasteiger partial charge in [0.2, 0.25) is 0 Å². The highest BCUT2D eigenvalue weighted by Crippen LogP contribution is 2.17. The van der Waals surface area contributed by atoms with Crippen molar-refractivity contribution in [1.82, 2.24) is 5.32 Å². The van der Waals surface area contributed by atoms with Gasteiger partial charge in [-0.3, -0.25) is 0 Å². The van der Waals surface area contributed by atoms with Crippen LogP contribution in [0.15, 0.2) is 48.2 Å². The predicted octanol–water partition coefficient (Wildman–Crippen LogP) is 2.43. The smallest absolute Gasteiger partial charge is 0.0965 e. The Morgan fingerprint density at radius 1 is 1.21 bits per heavy atom. The topological polar surface area (TPSA) is 35.8 Å². The van der Waals surface area contributed by atoms with E-state index in [9.17, 15) is 0 Å². The summed E-state index contributed by atoms with van der Waals surface area (Å²) in [4.78, 5) is 0. The third-order valence-corrected chi connectivity index (χ3v) is 2.16. The molecular formula is C12H10N2. The SMILES string of the molecule is N#CC1=CNC(c2ccccc2)=CC1. The Morgan fingerprint density at radius 3 is 2.57 bits per heavy atom. The lowest BCUT2D eigenvalue weighted by Gasteiger charge is -2.12. The molecule has 2 rings (SSSR count). The molecule has 68 valence electrons. The number of nitrogens with one attached hydrogen (secondary N) is 1. The monoisotopic (exact) mass is 182 g/mol. The number of rotatable bonds is 1. The van der Waals surface area contributed by atoms with Crippen LogP contribution in [0.1, 0.15) is 12.0 Å². The van der Waals surface area contributed by atoms with Gasteiger partial charge in [0.25, 0.3) is 0 Å². The Kier molecular flexibility index (Phi) is 2.33. The van der Waals surface area contributed by atoms with Crippen molar-refractivity contribution in [3.8, 4) is 6.07 Å². The van der Waals surface area contributed by atoms with Crippen LogP contribution in [0.3, 0.4) is 0 Å². The molecule has 0 unspecified atom stereocenters. The Bertz CT molecular complexity index is 421. The van der Waals surface area contributed by atoms with Crippen LogP contribution in [0, 0.1) is 11.3 Å². The van der Waals surface area contributed by atoms with Crippen molar-refractivity contribution in [2.75, 3.05) is 0 Å². The maximum atomic E-state index is 8.66. The molecule has 0 saturated carbocycles. The van der Waals surface area contributed by atoms with Gasteiger partial charge in [0, 0.05) is 23.9 Å². The lowest BCUT2D eigenvalue weighted by Crippen LogP contribution is -2.08. The summed E-state index contributed by atoms with van der Waals surface area (Å²) in [5.74, 6) is 0. The van der Waals surface area contributed by atoms with E-state index in [1.807, 2.05) is 36.4 Å². The molecule has 2 heteroatoms. The van der Waals surface area contributed by atoms with E-state index >= 15 is 0 Å². The molecule has 0 spiro atoms. The molecule has 0 atom stereocenters. The summed E-state index contributed by atoms with van der Waals surface area (Å²) in [7, 11) is 0. The van der Waals surface area contributed by atoms with Crippen molar-refractivity contribution in [1.29, 1.82) is 5.26 Å². The first-order chi connectivity index (χ1) is 6.90. The fourth-order valence-corrected chi connectivity index (χ4v) is 1.39. The van der Waals surface area contributed by atoms with Gasteiger partial charge in [-0.2, -0.15) is 5.26 Å². The van der Waals surface area contributed by atoms with Gasteiger partial charge < -0.3 is 5.32 Å². The molecule has 1 N–H and O–H groups in total. The van der Waals surface area contributed by atoms with E-state index < -0.39 is 0 Å². The average Bonchev–Trinajstić information content (AvgIpc) is 2.30. The first kappa shape index (κ1) is 8.58. The van der Waals surface area contributed by atoms with Crippen molar-refractivity contribution < 1.29 is 0 Å². The molecule has 0 amide bonds. The summed E-state index contributed by atoms with van der Waals surface area (Å²) in [6, 6.07) is 12.2. The van der Waals surface area contributed by atoms with E-state index in [0.717, 1.165) is 16.8 Å². The molecule has 14 heavy (non-hydrogen) atoms. The number of nitrogens with zero attached hydrogens (tertiary/aromatic N) is 1. The molecular weight excluding hydrogens is 172 g/mol. The van der Waals surface area contributed by atoms with Crippen LogP contribution in [-0.2, 0) is 0 Å². The molecule has 1 aromatic rings. The fraction of sp³-hybridized carbons (Fsp3) is 0.0833. The highest BCUT2D eigenvalue weighted by Gasteiger charge is 2.04. The van der Waals surface area contributed by atoms with Crippen LogP contribution in [-0.4, -0.2) is 0 Å². The lowest BCUT2D eigenvalue weighted by molar-refractivity contribution is 1.09. The maximum absolute atomic E-state index is 8.66. The van der Waals surface area contributed by atoms with Gasteiger partial charge in [-0.1, -0.05) is 36.4 Å². The fourth-order valence-electron chi connectivity index (χ4n) is 1.39. The zero-order valence-electron chi connectivity index (χ0n) is 7.70. The van der Waals surface area contributed by atoms with Crippen molar-refractivity contribution in [2.45, 2.75) is 6.42 Å². The molecule has 1 heterocycles. The maximum Gasteiger partial charge on any atom is 0.0965 e. The van der Waals surface area contributed by atoms with Crippen LogP contribution >= 0.6 is 0 Å². The minimum atomic E-state index is 0.716. The van der Waals surface area contributed by atoms with Crippen LogP contribution in [0.4, 0.5) is 0 Å². The van der Waals surface area contributed by atoms with Crippen molar-refractivity contribution in [3.05, 3.63) is 53.7 Å². The molecule has 1 aromatic carbocycles. The predicted molar refractivity (Wildman–Crippen MR) is 55.9 cm³/mol. The second kappa shape index (κ2) is 3.80. The van der Waals surface area contributed by atoms with Gasteiger partial charge >= 0.3 is 0 Å². The first-order valence-corrected chi connectivity index (χ1v) is 4.51. The number of hydrogen-bond acceptors (Lipinski definition) is 2. The van der Waals surface area contributed by atoms with E-state index in [0.29, 0.717) is 6.42 Å². The number of dihydropyridines is 1. The van der Waals surface area contributed by atoms with E-state index in [2.05, 4.69) is 11.4 Å². The Labute approximate surface area is 83.2 Å². The highest BCUT2D eigenvalue weighted by atomic mass is 14.9. The van der Waals surface area contributed by atoms with Gasteiger partial charge in [-0.05, 0) is 5.56 Å². The molecule has 0 saturated heterocycles. The van der Waals surface area contributed by atoms with Crippen LogP contribution < -0.4 is 5.32 Å². The first-order valence-electron chi connectivity index (χ1n) is 4.51. The van der Waals surface area contributed by atoms with E-state index in [1.54, 1.807) is 6.20 Å². The van der Waals surface area contributed by atoms with Crippen LogP contribution in [0.2, 0.25) is 0 Å². The summed E-state index contributed by atoms with van der Waals surface area (Å²) in [6.07, 6.45) is 4.52. The number of hydrogen-bond donors (Lipinski definition) is 1. The van der Waals surface area contributed by atoms with Gasteiger partial charge in [0.15, 0.2) is 0 Å². The minimum Gasteiger partial charge on any atom is -0.360 e. The van der Waals surface area contributed by atoms with E-state index in [4.69, 9.17) is 5.26 Å². The zero-order valence-corrected chi connectivity index (χ0v) is 7.70. The summed E-state index contributed by atoms with van der Waals surface area (Å²) >= 11 is 0. The summed E-state index contributed by atoms with van der Waals surface area (Å²) in [6.45, 7) is 0. The number of nitriles is 1. The van der Waals surface area contributed by atoms with Crippen LogP contribution in [0.5, 0.6) is 0 Å². The zero-order chi connectivity index (χ0) is 9.80. The van der Waals surface area contributed by atoms with Crippen molar-refractivity contribution in [3.63, 3.8) is 0 Å². The normalized spacial score (nSPS) is 14.8. The third-order valence-electron chi connectivity index (χ3n) is 2.16. The second-order valence-corrected chi connectivity index (χ2v) is 3.11. The Balaban J connectivity index is 2.18. The summed E-state index contributed by atoms with van der Waals surface area (Å²) < 4.78 is 0. The van der Waals surface area contributed by atoms with Gasteiger partial charge in [0.1, 0.15) is 0 Å². The molecule has 1 aliphatic heterocycles. The Morgan fingerprint density at radius 2 is 2.00 bits per heavy atom. The van der Waals surface area contributed by atoms with Crippen molar-refractivity contribution >= 4 is 5.70 Å². The molecule has 2 nitrogen and oxygen atoms in total. The molecule has 0 radical (unpaired) electrons. The molecule has 0 aliphatic carbocycles. The van der Waals surface area contributed by atoms with Crippen LogP contribution in [0.25, 0.3) is 5.70 Å². The van der Waals surface area contributed by atoms with Crippen molar-refractivity contribution in [2.24, 2.45) is 0 Å². The Hall–Kier alpha value is -2.01. The van der Waals surface area contributed by atoms with E-state index in [-0.39, 0.29) is 0 Å². The van der Waals surface area contributed by atoms with Gasteiger partial charge in [0.05, 0.1) is 6.07 Å².